The van der Waals surface area contributed by atoms with E-state index in [0.717, 1.165) is 25.4 Å². The number of methoxy groups -OCH3 is 1. The fraction of sp³-hybridized carbons (Fsp3) is 1.00. The Morgan fingerprint density at radius 1 is 1.30 bits per heavy atom. The first kappa shape index (κ1) is 14.9. The quantitative estimate of drug-likeness (QED) is 0.569. The summed E-state index contributed by atoms with van der Waals surface area (Å²) in [6.45, 7) is 10.2. The van der Waals surface area contributed by atoms with E-state index in [0.29, 0.717) is 23.3 Å². The van der Waals surface area contributed by atoms with Crippen LogP contribution in [0, 0.1) is 17.3 Å². The minimum Gasteiger partial charge on any atom is -0.405 e. The van der Waals surface area contributed by atoms with Crippen molar-refractivity contribution < 1.29 is 14.0 Å². The molecular weight excluding hydrogens is 251 g/mol. The van der Waals surface area contributed by atoms with E-state index < -0.39 is 0 Å². The third-order valence-electron chi connectivity index (χ3n) is 6.44. The fourth-order valence-corrected chi connectivity index (χ4v) is 4.83. The maximum absolute atomic E-state index is 6.47. The molecule has 1 saturated heterocycles. The van der Waals surface area contributed by atoms with Gasteiger partial charge in [-0.2, -0.15) is 0 Å². The molecule has 0 aromatic carbocycles. The molecule has 0 aromatic heterocycles. The van der Waals surface area contributed by atoms with Crippen LogP contribution >= 0.6 is 0 Å². The van der Waals surface area contributed by atoms with Crippen molar-refractivity contribution in [1.29, 1.82) is 0 Å². The molecule has 3 nitrogen and oxygen atoms in total. The molecule has 3 saturated carbocycles. The van der Waals surface area contributed by atoms with Crippen molar-refractivity contribution in [2.24, 2.45) is 17.3 Å². The van der Waals surface area contributed by atoms with Crippen molar-refractivity contribution >= 4 is 7.12 Å². The summed E-state index contributed by atoms with van der Waals surface area (Å²) in [4.78, 5) is 0. The first-order chi connectivity index (χ1) is 9.39. The summed E-state index contributed by atoms with van der Waals surface area (Å²) < 4.78 is 17.9. The highest BCUT2D eigenvalue weighted by molar-refractivity contribution is 6.47. The van der Waals surface area contributed by atoms with Crippen LogP contribution in [-0.2, 0) is 14.0 Å². The van der Waals surface area contributed by atoms with Crippen LogP contribution in [0.1, 0.15) is 53.4 Å². The van der Waals surface area contributed by atoms with Crippen LogP contribution in [-0.4, -0.2) is 32.5 Å². The van der Waals surface area contributed by atoms with E-state index in [-0.39, 0.29) is 12.7 Å². The minimum absolute atomic E-state index is 0.0167. The molecule has 5 atom stereocenters. The standard InChI is InChI=1S/C16H29BO3/c1-11(7-6-8-18-5)17-19-14-10-12-9-13(15(12,2)3)16(14,4)20-17/h11-14H,6-10H2,1-5H3/t11?,12?,13?,14?,16-/m0/s1. The van der Waals surface area contributed by atoms with Gasteiger partial charge in [0.1, 0.15) is 0 Å². The molecule has 0 aromatic rings. The Kier molecular flexibility index (Phi) is 3.71. The molecule has 1 heterocycles. The van der Waals surface area contributed by atoms with Crippen molar-refractivity contribution in [2.45, 2.75) is 70.9 Å². The highest BCUT2D eigenvalue weighted by Crippen LogP contribution is 2.66. The second-order valence-electron chi connectivity index (χ2n) is 7.95. The third kappa shape index (κ3) is 2.07. The molecule has 0 N–H and O–H groups in total. The van der Waals surface area contributed by atoms with E-state index >= 15 is 0 Å². The average Bonchev–Trinajstić information content (AvgIpc) is 2.75. The molecule has 4 aliphatic rings. The minimum atomic E-state index is -0.0571. The molecule has 0 spiro atoms. The van der Waals surface area contributed by atoms with Gasteiger partial charge >= 0.3 is 7.12 Å². The predicted octanol–water partition coefficient (Wildman–Crippen LogP) is 3.53. The van der Waals surface area contributed by atoms with Gasteiger partial charge in [-0.3, -0.25) is 0 Å². The van der Waals surface area contributed by atoms with E-state index in [2.05, 4.69) is 27.7 Å². The largest absolute Gasteiger partial charge is 0.460 e. The van der Waals surface area contributed by atoms with Gasteiger partial charge < -0.3 is 14.0 Å². The summed E-state index contributed by atoms with van der Waals surface area (Å²) in [6, 6.07) is 0. The van der Waals surface area contributed by atoms with Gasteiger partial charge in [0.05, 0.1) is 11.7 Å². The molecule has 4 rings (SSSR count). The van der Waals surface area contributed by atoms with E-state index in [1.54, 1.807) is 7.11 Å². The lowest BCUT2D eigenvalue weighted by Crippen LogP contribution is -2.65. The number of hydrogen-bond acceptors (Lipinski definition) is 3. The Morgan fingerprint density at radius 3 is 2.70 bits per heavy atom. The SMILES string of the molecule is COCCCC(C)B1OC2CC3CC(C3(C)C)[C@]2(C)O1. The Bertz CT molecular complexity index is 373. The average molecular weight is 280 g/mol. The van der Waals surface area contributed by atoms with Crippen LogP contribution in [0.2, 0.25) is 5.82 Å². The molecule has 0 amide bonds. The summed E-state index contributed by atoms with van der Waals surface area (Å²) >= 11 is 0. The monoisotopic (exact) mass is 280 g/mol. The summed E-state index contributed by atoms with van der Waals surface area (Å²) in [5, 5.41) is 0. The van der Waals surface area contributed by atoms with E-state index in [1.807, 2.05) is 0 Å². The van der Waals surface area contributed by atoms with Crippen LogP contribution in [0.4, 0.5) is 0 Å². The van der Waals surface area contributed by atoms with Gasteiger partial charge in [-0.05, 0) is 49.3 Å². The zero-order chi connectivity index (χ0) is 14.5. The summed E-state index contributed by atoms with van der Waals surface area (Å²) in [7, 11) is 1.75. The maximum atomic E-state index is 6.47. The van der Waals surface area contributed by atoms with Crippen molar-refractivity contribution in [3.63, 3.8) is 0 Å². The van der Waals surface area contributed by atoms with Crippen LogP contribution in [0.5, 0.6) is 0 Å². The zero-order valence-electron chi connectivity index (χ0n) is 13.6. The lowest BCUT2D eigenvalue weighted by atomic mass is 9.43. The molecule has 4 unspecified atom stereocenters. The zero-order valence-corrected chi connectivity index (χ0v) is 13.6. The first-order valence-electron chi connectivity index (χ1n) is 8.21. The third-order valence-corrected chi connectivity index (χ3v) is 6.44. The topological polar surface area (TPSA) is 27.7 Å². The Balaban J connectivity index is 1.64. The van der Waals surface area contributed by atoms with Gasteiger partial charge in [0, 0.05) is 13.7 Å². The summed E-state index contributed by atoms with van der Waals surface area (Å²) in [5.74, 6) is 1.94. The molecule has 3 aliphatic carbocycles. The molecular formula is C16H29BO3. The lowest BCUT2D eigenvalue weighted by molar-refractivity contribution is -0.199. The number of ether oxygens (including phenoxy) is 1. The Morgan fingerprint density at radius 2 is 2.05 bits per heavy atom. The number of rotatable bonds is 5. The van der Waals surface area contributed by atoms with Gasteiger partial charge in [-0.1, -0.05) is 27.2 Å². The van der Waals surface area contributed by atoms with Crippen LogP contribution in [0.3, 0.4) is 0 Å². The van der Waals surface area contributed by atoms with E-state index in [1.165, 1.54) is 12.8 Å². The molecule has 20 heavy (non-hydrogen) atoms. The molecule has 114 valence electrons. The summed E-state index contributed by atoms with van der Waals surface area (Å²) in [5.41, 5.74) is 0.376. The Hall–Kier alpha value is -0.0551. The van der Waals surface area contributed by atoms with Crippen LogP contribution in [0.25, 0.3) is 0 Å². The first-order valence-corrected chi connectivity index (χ1v) is 8.21. The van der Waals surface area contributed by atoms with Crippen molar-refractivity contribution in [1.82, 2.24) is 0 Å². The lowest BCUT2D eigenvalue weighted by Gasteiger charge is -2.64. The van der Waals surface area contributed by atoms with Gasteiger partial charge in [0.25, 0.3) is 0 Å². The van der Waals surface area contributed by atoms with Crippen molar-refractivity contribution in [2.75, 3.05) is 13.7 Å². The molecule has 0 radical (unpaired) electrons. The van der Waals surface area contributed by atoms with Crippen LogP contribution in [0.15, 0.2) is 0 Å². The van der Waals surface area contributed by atoms with Crippen molar-refractivity contribution in [3.05, 3.63) is 0 Å². The van der Waals surface area contributed by atoms with Crippen molar-refractivity contribution in [3.8, 4) is 0 Å². The Labute approximate surface area is 123 Å². The molecule has 1 aliphatic heterocycles. The fourth-order valence-electron chi connectivity index (χ4n) is 4.83. The normalized spacial score (nSPS) is 43.0. The molecule has 2 bridgehead atoms. The number of hydrogen-bond donors (Lipinski definition) is 0. The second-order valence-corrected chi connectivity index (χ2v) is 7.95. The van der Waals surface area contributed by atoms with E-state index in [4.69, 9.17) is 14.0 Å². The van der Waals surface area contributed by atoms with Gasteiger partial charge in [0.15, 0.2) is 0 Å². The highest BCUT2D eigenvalue weighted by atomic mass is 16.7. The molecule has 4 fully saturated rings. The van der Waals surface area contributed by atoms with Gasteiger partial charge in [-0.25, -0.2) is 0 Å². The maximum Gasteiger partial charge on any atom is 0.460 e. The second kappa shape index (κ2) is 5.00. The smallest absolute Gasteiger partial charge is 0.405 e. The van der Waals surface area contributed by atoms with Crippen LogP contribution < -0.4 is 0 Å². The highest BCUT2D eigenvalue weighted by Gasteiger charge is 2.68. The van der Waals surface area contributed by atoms with E-state index in [9.17, 15) is 0 Å². The van der Waals surface area contributed by atoms with Gasteiger partial charge in [0.2, 0.25) is 0 Å². The molecule has 4 heteroatoms. The summed E-state index contributed by atoms with van der Waals surface area (Å²) in [6.07, 6.45) is 5.02. The predicted molar refractivity (Wildman–Crippen MR) is 80.6 cm³/mol. The van der Waals surface area contributed by atoms with Gasteiger partial charge in [-0.15, -0.1) is 0 Å².